The van der Waals surface area contributed by atoms with Crippen LogP contribution in [0.1, 0.15) is 61.6 Å². The summed E-state index contributed by atoms with van der Waals surface area (Å²) in [7, 11) is 1.62. The Morgan fingerprint density at radius 2 is 1.57 bits per heavy atom. The molecule has 2 aromatic carbocycles. The van der Waals surface area contributed by atoms with Crippen molar-refractivity contribution in [2.75, 3.05) is 13.6 Å². The van der Waals surface area contributed by atoms with Crippen molar-refractivity contribution >= 4 is 47.9 Å². The number of carboxylic acids is 1. The van der Waals surface area contributed by atoms with Crippen LogP contribution in [0.4, 0.5) is 0 Å². The fraction of sp³-hybridized carbons (Fsp3) is 0.455. The van der Waals surface area contributed by atoms with E-state index in [-0.39, 0.29) is 56.1 Å². The van der Waals surface area contributed by atoms with Crippen LogP contribution in [0.2, 0.25) is 0 Å². The molecular weight excluding hydrogens is 624 g/mol. The molecule has 14 heteroatoms. The number of halogens is 1. The SMILES string of the molecule is CN(Cc1ccccc1)C(=O)C(Cc1ccc(C(=N)N)cc1)C(=O)N[C@H](C(=O)N[C@@H](CCCN=C(N)N)C(=O)O)C1CCCCC1.Cl. The summed E-state index contributed by atoms with van der Waals surface area (Å²) < 4.78 is 0. The first-order valence-electron chi connectivity index (χ1n) is 15.6. The molecule has 1 aliphatic carbocycles. The largest absolute Gasteiger partial charge is 0.480 e. The Balaban J connectivity index is 0.00000768. The number of benzene rings is 2. The number of aliphatic carboxylic acids is 1. The minimum Gasteiger partial charge on any atom is -0.480 e. The molecule has 3 atom stereocenters. The van der Waals surface area contributed by atoms with Gasteiger partial charge in [0.25, 0.3) is 0 Å². The van der Waals surface area contributed by atoms with E-state index in [1.54, 1.807) is 31.3 Å². The number of aliphatic imine (C=N–C) groups is 1. The number of nitrogens with two attached hydrogens (primary N) is 3. The fourth-order valence-electron chi connectivity index (χ4n) is 5.69. The summed E-state index contributed by atoms with van der Waals surface area (Å²) >= 11 is 0. The normalized spacial score (nSPS) is 14.7. The maximum absolute atomic E-state index is 14.0. The van der Waals surface area contributed by atoms with Crippen LogP contribution in [-0.4, -0.2) is 71.2 Å². The molecule has 47 heavy (non-hydrogen) atoms. The zero-order valence-corrected chi connectivity index (χ0v) is 27.5. The van der Waals surface area contributed by atoms with Crippen LogP contribution in [0.3, 0.4) is 0 Å². The summed E-state index contributed by atoms with van der Waals surface area (Å²) in [4.78, 5) is 58.9. The van der Waals surface area contributed by atoms with E-state index < -0.39 is 41.7 Å². The van der Waals surface area contributed by atoms with Crippen LogP contribution in [0.5, 0.6) is 0 Å². The molecule has 3 amide bonds. The van der Waals surface area contributed by atoms with Gasteiger partial charge >= 0.3 is 5.97 Å². The third kappa shape index (κ3) is 12.2. The van der Waals surface area contributed by atoms with E-state index in [1.807, 2.05) is 30.3 Å². The fourth-order valence-corrected chi connectivity index (χ4v) is 5.69. The van der Waals surface area contributed by atoms with E-state index in [0.717, 1.165) is 24.8 Å². The van der Waals surface area contributed by atoms with Gasteiger partial charge in [-0.2, -0.15) is 0 Å². The number of nitrogens with zero attached hydrogens (tertiary/aromatic N) is 2. The van der Waals surface area contributed by atoms with Gasteiger partial charge < -0.3 is 37.8 Å². The number of guanidine groups is 1. The first kappa shape index (κ1) is 38.5. The summed E-state index contributed by atoms with van der Waals surface area (Å²) in [6.07, 6.45) is 4.56. The first-order valence-corrected chi connectivity index (χ1v) is 15.6. The lowest BCUT2D eigenvalue weighted by molar-refractivity contribution is -0.144. The van der Waals surface area contributed by atoms with E-state index in [9.17, 15) is 24.3 Å². The van der Waals surface area contributed by atoms with Crippen molar-refractivity contribution in [1.82, 2.24) is 15.5 Å². The molecule has 1 unspecified atom stereocenters. The summed E-state index contributed by atoms with van der Waals surface area (Å²) in [6, 6.07) is 13.9. The van der Waals surface area contributed by atoms with Crippen molar-refractivity contribution in [2.45, 2.75) is 70.0 Å². The van der Waals surface area contributed by atoms with Gasteiger partial charge in [0.15, 0.2) is 5.96 Å². The van der Waals surface area contributed by atoms with Crippen molar-refractivity contribution in [3.8, 4) is 0 Å². The number of nitrogens with one attached hydrogen (secondary N) is 3. The van der Waals surface area contributed by atoms with E-state index >= 15 is 0 Å². The second kappa shape index (κ2) is 19.1. The highest BCUT2D eigenvalue weighted by atomic mass is 35.5. The van der Waals surface area contributed by atoms with Crippen molar-refractivity contribution in [3.05, 3.63) is 71.3 Å². The number of rotatable bonds is 16. The minimum absolute atomic E-state index is 0. The Hall–Kier alpha value is -4.65. The van der Waals surface area contributed by atoms with Crippen LogP contribution < -0.4 is 27.8 Å². The van der Waals surface area contributed by atoms with E-state index in [4.69, 9.17) is 22.6 Å². The summed E-state index contributed by atoms with van der Waals surface area (Å²) in [5, 5.41) is 22.9. The highest BCUT2D eigenvalue weighted by molar-refractivity contribution is 6.02. The standard InChI is InChI=1S/C33H46N8O5.ClH/c1-41(20-22-9-4-2-5-10-22)31(44)25(19-21-14-16-24(17-15-21)28(34)35)29(42)40-27(23-11-6-3-7-12-23)30(43)39-26(32(45)46)13-8-18-38-33(36)37;/h2,4-5,9-10,14-17,23,25-27H,3,6-8,11-13,18-20H2,1H3,(H3,34,35)(H,39,43)(H,40,42)(H,45,46)(H4,36,37,38);1H/t25?,26-,27-;/m0./s1. The average molecular weight is 671 g/mol. The zero-order valence-electron chi connectivity index (χ0n) is 26.7. The molecule has 0 spiro atoms. The molecule has 0 aliphatic heterocycles. The second-order valence-electron chi connectivity index (χ2n) is 11.8. The molecule has 1 saturated carbocycles. The predicted molar refractivity (Wildman–Crippen MR) is 183 cm³/mol. The highest BCUT2D eigenvalue weighted by Crippen LogP contribution is 2.27. The number of nitrogen functional groups attached to an aromatic ring is 1. The van der Waals surface area contributed by atoms with Gasteiger partial charge in [-0.3, -0.25) is 24.8 Å². The van der Waals surface area contributed by atoms with Crippen LogP contribution in [-0.2, 0) is 32.1 Å². The third-order valence-electron chi connectivity index (χ3n) is 8.22. The van der Waals surface area contributed by atoms with E-state index in [0.29, 0.717) is 30.4 Å². The maximum Gasteiger partial charge on any atom is 0.326 e. The molecule has 0 bridgehead atoms. The van der Waals surface area contributed by atoms with Gasteiger partial charge in [-0.15, -0.1) is 12.4 Å². The molecule has 3 rings (SSSR count). The molecule has 256 valence electrons. The van der Waals surface area contributed by atoms with Crippen LogP contribution >= 0.6 is 12.4 Å². The lowest BCUT2D eigenvalue weighted by atomic mass is 9.83. The average Bonchev–Trinajstić information content (AvgIpc) is 3.04. The van der Waals surface area contributed by atoms with Crippen LogP contribution in [0.25, 0.3) is 0 Å². The molecule has 1 aliphatic rings. The van der Waals surface area contributed by atoms with Gasteiger partial charge in [0, 0.05) is 25.7 Å². The van der Waals surface area contributed by atoms with Crippen LogP contribution in [0, 0.1) is 17.2 Å². The number of carboxylic acid groups (broad SMARTS) is 1. The Kier molecular flexibility index (Phi) is 15.7. The second-order valence-corrected chi connectivity index (χ2v) is 11.8. The Morgan fingerprint density at radius 3 is 2.15 bits per heavy atom. The number of amides is 3. The molecule has 0 saturated heterocycles. The Labute approximate surface area is 281 Å². The third-order valence-corrected chi connectivity index (χ3v) is 8.22. The van der Waals surface area contributed by atoms with Crippen molar-refractivity contribution in [2.24, 2.45) is 34.0 Å². The number of amidine groups is 1. The number of carbonyl (C=O) groups excluding carboxylic acids is 3. The summed E-state index contributed by atoms with van der Waals surface area (Å²) in [5.41, 5.74) is 18.4. The lowest BCUT2D eigenvalue weighted by Crippen LogP contribution is -2.57. The Bertz CT molecular complexity index is 1380. The topological polar surface area (TPSA) is 230 Å². The molecular formula is C33H47ClN8O5. The smallest absolute Gasteiger partial charge is 0.326 e. The predicted octanol–water partition coefficient (Wildman–Crippen LogP) is 1.90. The number of hydrogen-bond donors (Lipinski definition) is 7. The maximum atomic E-state index is 14.0. The Morgan fingerprint density at radius 1 is 0.936 bits per heavy atom. The van der Waals surface area contributed by atoms with Gasteiger partial charge in [0.1, 0.15) is 23.8 Å². The van der Waals surface area contributed by atoms with Gasteiger partial charge in [-0.1, -0.05) is 73.9 Å². The molecule has 0 aromatic heterocycles. The van der Waals surface area contributed by atoms with Gasteiger partial charge in [-0.05, 0) is 49.1 Å². The molecule has 13 nitrogen and oxygen atoms in total. The summed E-state index contributed by atoms with van der Waals surface area (Å²) in [6.45, 7) is 0.484. The molecule has 1 fully saturated rings. The van der Waals surface area contributed by atoms with E-state index in [2.05, 4.69) is 15.6 Å². The quantitative estimate of drug-likeness (QED) is 0.0602. The molecule has 2 aromatic rings. The monoisotopic (exact) mass is 670 g/mol. The minimum atomic E-state index is -1.21. The summed E-state index contributed by atoms with van der Waals surface area (Å²) in [5.74, 6) is -4.47. The van der Waals surface area contributed by atoms with Gasteiger partial charge in [0.05, 0.1) is 0 Å². The number of carbonyl (C=O) groups is 4. The number of hydrogen-bond acceptors (Lipinski definition) is 6. The lowest BCUT2D eigenvalue weighted by Gasteiger charge is -2.32. The van der Waals surface area contributed by atoms with Crippen molar-refractivity contribution in [1.29, 1.82) is 5.41 Å². The highest BCUT2D eigenvalue weighted by Gasteiger charge is 2.37. The van der Waals surface area contributed by atoms with Gasteiger partial charge in [-0.25, -0.2) is 4.79 Å². The van der Waals surface area contributed by atoms with Crippen molar-refractivity contribution < 1.29 is 24.3 Å². The molecule has 0 heterocycles. The zero-order chi connectivity index (χ0) is 33.6. The van der Waals surface area contributed by atoms with E-state index in [1.165, 1.54) is 4.90 Å². The van der Waals surface area contributed by atoms with Crippen molar-refractivity contribution in [3.63, 3.8) is 0 Å². The molecule has 0 radical (unpaired) electrons. The first-order chi connectivity index (χ1) is 22.0. The van der Waals surface area contributed by atoms with Gasteiger partial charge in [0.2, 0.25) is 17.7 Å². The van der Waals surface area contributed by atoms with Crippen LogP contribution in [0.15, 0.2) is 59.6 Å². The molecule has 10 N–H and O–H groups in total.